The first-order valence-electron chi connectivity index (χ1n) is 4.28. The largest absolute Gasteiger partial charge is 0.411 e. The quantitative estimate of drug-likeness (QED) is 0.395. The van der Waals surface area contributed by atoms with Gasteiger partial charge in [-0.05, 0) is 18.1 Å². The van der Waals surface area contributed by atoms with E-state index in [0.717, 1.165) is 5.71 Å². The minimum atomic E-state index is 0.154. The lowest BCUT2D eigenvalue weighted by Gasteiger charge is -2.08. The Balaban J connectivity index is 2.44. The third-order valence-electron chi connectivity index (χ3n) is 2.41. The van der Waals surface area contributed by atoms with Gasteiger partial charge in [0.1, 0.15) is 0 Å². The summed E-state index contributed by atoms with van der Waals surface area (Å²) in [6.45, 7) is 1.83. The van der Waals surface area contributed by atoms with E-state index < -0.39 is 0 Å². The molecule has 0 amide bonds. The molecule has 1 aromatic rings. The number of benzene rings is 1. The van der Waals surface area contributed by atoms with E-state index in [4.69, 9.17) is 5.21 Å². The van der Waals surface area contributed by atoms with Crippen LogP contribution in [0.2, 0.25) is 0 Å². The molecule has 0 aliphatic heterocycles. The van der Waals surface area contributed by atoms with Crippen LogP contribution < -0.4 is 0 Å². The van der Waals surface area contributed by atoms with Crippen LogP contribution in [0, 0.1) is 0 Å². The third-order valence-corrected chi connectivity index (χ3v) is 2.41. The van der Waals surface area contributed by atoms with E-state index in [2.05, 4.69) is 29.4 Å². The van der Waals surface area contributed by atoms with E-state index in [1.165, 1.54) is 11.1 Å². The van der Waals surface area contributed by atoms with Gasteiger partial charge in [-0.2, -0.15) is 0 Å². The first kappa shape index (κ1) is 8.05. The van der Waals surface area contributed by atoms with Gasteiger partial charge in [0.2, 0.25) is 0 Å². The average Bonchev–Trinajstić information content (AvgIpc) is 2.60. The van der Waals surface area contributed by atoms with Gasteiger partial charge in [0, 0.05) is 5.92 Å². The molecule has 0 heterocycles. The number of rotatable bonds is 1. The highest BCUT2D eigenvalue weighted by Gasteiger charge is 2.18. The monoisotopic (exact) mass is 173 g/mol. The highest BCUT2D eigenvalue weighted by molar-refractivity contribution is 5.93. The van der Waals surface area contributed by atoms with Crippen molar-refractivity contribution in [3.05, 3.63) is 41.5 Å². The van der Waals surface area contributed by atoms with Crippen molar-refractivity contribution in [1.29, 1.82) is 0 Å². The first-order valence-corrected chi connectivity index (χ1v) is 4.28. The van der Waals surface area contributed by atoms with E-state index >= 15 is 0 Å². The molecule has 0 radical (unpaired) electrons. The summed E-state index contributed by atoms with van der Waals surface area (Å²) in [5.41, 5.74) is 3.18. The Labute approximate surface area is 77.2 Å². The summed E-state index contributed by atoms with van der Waals surface area (Å²) >= 11 is 0. The molecule has 2 heteroatoms. The molecule has 66 valence electrons. The predicted octanol–water partition coefficient (Wildman–Crippen LogP) is 2.65. The standard InChI is InChI=1S/C11H11NO/c1-8(12-13)10-7-6-9-4-2-3-5-11(9)10/h2-7,10,13H,1H3. The van der Waals surface area contributed by atoms with Crippen molar-refractivity contribution in [3.63, 3.8) is 0 Å². The molecule has 1 aromatic carbocycles. The second-order valence-corrected chi connectivity index (χ2v) is 3.21. The van der Waals surface area contributed by atoms with Gasteiger partial charge in [0.05, 0.1) is 5.71 Å². The normalized spacial score (nSPS) is 20.4. The van der Waals surface area contributed by atoms with Gasteiger partial charge in [0.15, 0.2) is 0 Å². The molecule has 0 fully saturated rings. The summed E-state index contributed by atoms with van der Waals surface area (Å²) in [5.74, 6) is 0.154. The van der Waals surface area contributed by atoms with Gasteiger partial charge in [-0.1, -0.05) is 41.6 Å². The number of oxime groups is 1. The topological polar surface area (TPSA) is 32.6 Å². The maximum Gasteiger partial charge on any atom is 0.0652 e. The molecule has 0 aromatic heterocycles. The molecule has 13 heavy (non-hydrogen) atoms. The zero-order valence-electron chi connectivity index (χ0n) is 7.44. The van der Waals surface area contributed by atoms with Crippen molar-refractivity contribution in [2.75, 3.05) is 0 Å². The highest BCUT2D eigenvalue weighted by Crippen LogP contribution is 2.30. The van der Waals surface area contributed by atoms with Gasteiger partial charge >= 0.3 is 0 Å². The number of allylic oxidation sites excluding steroid dienone is 1. The minimum absolute atomic E-state index is 0.154. The van der Waals surface area contributed by atoms with E-state index in [0.29, 0.717) is 0 Å². The zero-order valence-corrected chi connectivity index (χ0v) is 7.44. The van der Waals surface area contributed by atoms with Crippen LogP contribution in [0.25, 0.3) is 6.08 Å². The molecule has 1 atom stereocenters. The van der Waals surface area contributed by atoms with Crippen molar-refractivity contribution in [2.45, 2.75) is 12.8 Å². The van der Waals surface area contributed by atoms with Crippen LogP contribution in [0.5, 0.6) is 0 Å². The van der Waals surface area contributed by atoms with E-state index in [-0.39, 0.29) is 5.92 Å². The summed E-state index contributed by atoms with van der Waals surface area (Å²) in [5, 5.41) is 11.9. The maximum atomic E-state index is 8.67. The van der Waals surface area contributed by atoms with Crippen LogP contribution in [0.3, 0.4) is 0 Å². The molecule has 0 saturated carbocycles. The second kappa shape index (κ2) is 3.05. The van der Waals surface area contributed by atoms with Crippen LogP contribution in [0.15, 0.2) is 35.5 Å². The Kier molecular flexibility index (Phi) is 1.89. The van der Waals surface area contributed by atoms with Gasteiger partial charge < -0.3 is 5.21 Å². The highest BCUT2D eigenvalue weighted by atomic mass is 16.4. The van der Waals surface area contributed by atoms with Gasteiger partial charge in [0.25, 0.3) is 0 Å². The molecule has 1 N–H and O–H groups in total. The molecule has 0 spiro atoms. The second-order valence-electron chi connectivity index (χ2n) is 3.21. The Morgan fingerprint density at radius 1 is 1.38 bits per heavy atom. The molecule has 1 aliphatic carbocycles. The number of fused-ring (bicyclic) bond motifs is 1. The Morgan fingerprint density at radius 3 is 2.92 bits per heavy atom. The number of nitrogens with zero attached hydrogens (tertiary/aromatic N) is 1. The van der Waals surface area contributed by atoms with Crippen molar-refractivity contribution < 1.29 is 5.21 Å². The Morgan fingerprint density at radius 2 is 2.15 bits per heavy atom. The molecule has 1 unspecified atom stereocenters. The number of hydrogen-bond donors (Lipinski definition) is 1. The first-order chi connectivity index (χ1) is 6.33. The van der Waals surface area contributed by atoms with Gasteiger partial charge in [-0.25, -0.2) is 0 Å². The van der Waals surface area contributed by atoms with Crippen LogP contribution in [0.4, 0.5) is 0 Å². The molecule has 0 bridgehead atoms. The van der Waals surface area contributed by atoms with E-state index in [1.807, 2.05) is 19.1 Å². The number of hydrogen-bond acceptors (Lipinski definition) is 2. The molecule has 2 rings (SSSR count). The van der Waals surface area contributed by atoms with Crippen molar-refractivity contribution in [2.24, 2.45) is 5.16 Å². The average molecular weight is 173 g/mol. The van der Waals surface area contributed by atoms with Crippen molar-refractivity contribution >= 4 is 11.8 Å². The third kappa shape index (κ3) is 1.24. The van der Waals surface area contributed by atoms with E-state index in [1.54, 1.807) is 0 Å². The molecule has 1 aliphatic rings. The molecule has 0 saturated heterocycles. The van der Waals surface area contributed by atoms with Crippen LogP contribution in [0.1, 0.15) is 24.0 Å². The van der Waals surface area contributed by atoms with Gasteiger partial charge in [-0.3, -0.25) is 0 Å². The summed E-state index contributed by atoms with van der Waals surface area (Å²) < 4.78 is 0. The predicted molar refractivity (Wildman–Crippen MR) is 53.1 cm³/mol. The smallest absolute Gasteiger partial charge is 0.0652 e. The van der Waals surface area contributed by atoms with Crippen molar-refractivity contribution in [1.82, 2.24) is 0 Å². The summed E-state index contributed by atoms with van der Waals surface area (Å²) in [6, 6.07) is 8.14. The molecular formula is C11H11NO. The lowest BCUT2D eigenvalue weighted by Crippen LogP contribution is -2.04. The SMILES string of the molecule is CC(=NO)C1C=Cc2ccccc21. The molecular weight excluding hydrogens is 162 g/mol. The Hall–Kier alpha value is -1.57. The van der Waals surface area contributed by atoms with Crippen LogP contribution in [-0.2, 0) is 0 Å². The summed E-state index contributed by atoms with van der Waals surface area (Å²) in [6.07, 6.45) is 4.12. The lowest BCUT2D eigenvalue weighted by atomic mass is 9.97. The summed E-state index contributed by atoms with van der Waals surface area (Å²) in [7, 11) is 0. The molecule has 2 nitrogen and oxygen atoms in total. The Bertz CT molecular complexity index is 379. The lowest BCUT2D eigenvalue weighted by molar-refractivity contribution is 0.317. The fourth-order valence-corrected chi connectivity index (χ4v) is 1.68. The van der Waals surface area contributed by atoms with Gasteiger partial charge in [-0.15, -0.1) is 0 Å². The van der Waals surface area contributed by atoms with Crippen molar-refractivity contribution in [3.8, 4) is 0 Å². The van der Waals surface area contributed by atoms with E-state index in [9.17, 15) is 0 Å². The summed E-state index contributed by atoms with van der Waals surface area (Å²) in [4.78, 5) is 0. The minimum Gasteiger partial charge on any atom is -0.411 e. The van der Waals surface area contributed by atoms with Crippen LogP contribution >= 0.6 is 0 Å². The zero-order chi connectivity index (χ0) is 9.26. The fraction of sp³-hybridized carbons (Fsp3) is 0.182. The fourth-order valence-electron chi connectivity index (χ4n) is 1.68. The maximum absolute atomic E-state index is 8.67. The van der Waals surface area contributed by atoms with Crippen LogP contribution in [-0.4, -0.2) is 10.9 Å².